The molecule has 0 N–H and O–H groups in total. The molecule has 0 fully saturated rings. The highest BCUT2D eigenvalue weighted by Crippen LogP contribution is 2.15. The fourth-order valence-corrected chi connectivity index (χ4v) is 1.43. The quantitative estimate of drug-likeness (QED) is 0.601. The average molecular weight is 242 g/mol. The third-order valence-corrected chi connectivity index (χ3v) is 2.28. The van der Waals surface area contributed by atoms with Crippen molar-refractivity contribution in [3.63, 3.8) is 0 Å². The van der Waals surface area contributed by atoms with Crippen LogP contribution in [0.1, 0.15) is 5.56 Å². The van der Waals surface area contributed by atoms with Gasteiger partial charge in [-0.25, -0.2) is 9.79 Å². The number of allylic oxidation sites excluding steroid dienone is 2. The molecule has 0 spiro atoms. The van der Waals surface area contributed by atoms with Crippen LogP contribution >= 0.6 is 0 Å². The van der Waals surface area contributed by atoms with Crippen molar-refractivity contribution in [3.05, 3.63) is 59.9 Å². The third kappa shape index (κ3) is 2.85. The third-order valence-electron chi connectivity index (χ3n) is 2.28. The number of nitrogens with zero attached hydrogens (tertiary/aromatic N) is 2. The molecular weight excluding hydrogens is 228 g/mol. The first kappa shape index (κ1) is 12.1. The molecule has 0 aromatic heterocycles. The molecule has 0 unspecified atom stereocenters. The van der Waals surface area contributed by atoms with Gasteiger partial charge in [-0.05, 0) is 30.5 Å². The van der Waals surface area contributed by atoms with E-state index in [1.54, 1.807) is 12.2 Å². The Bertz CT molecular complexity index is 528. The molecule has 0 radical (unpaired) electrons. The van der Waals surface area contributed by atoms with Gasteiger partial charge in [0.15, 0.2) is 5.70 Å². The van der Waals surface area contributed by atoms with Crippen LogP contribution in [0, 0.1) is 0 Å². The standard InChI is InChI=1S/C14H14N2O2/c1-16(2)10-6-9-12-14(17)18-13(15-12)11-7-4-3-5-8-11/h3-10H,1-2H3. The number of ether oxygens (including phenoxy) is 1. The SMILES string of the molecule is CN(C)C=CC=C1N=C(c2ccccc2)OC1=O. The van der Waals surface area contributed by atoms with Crippen molar-refractivity contribution < 1.29 is 9.53 Å². The van der Waals surface area contributed by atoms with E-state index in [1.165, 1.54) is 0 Å². The van der Waals surface area contributed by atoms with Gasteiger partial charge in [0.25, 0.3) is 0 Å². The first-order valence-electron chi connectivity index (χ1n) is 5.58. The Balaban J connectivity index is 2.20. The molecule has 92 valence electrons. The monoisotopic (exact) mass is 242 g/mol. The van der Waals surface area contributed by atoms with Gasteiger partial charge < -0.3 is 9.64 Å². The summed E-state index contributed by atoms with van der Waals surface area (Å²) in [5.74, 6) is -0.0673. The number of hydrogen-bond acceptors (Lipinski definition) is 4. The number of aliphatic imine (C=N–C) groups is 1. The maximum atomic E-state index is 11.6. The van der Waals surface area contributed by atoms with Gasteiger partial charge in [0, 0.05) is 19.7 Å². The van der Waals surface area contributed by atoms with Crippen LogP contribution in [0.3, 0.4) is 0 Å². The normalized spacial score (nSPS) is 17.1. The zero-order valence-corrected chi connectivity index (χ0v) is 10.3. The van der Waals surface area contributed by atoms with E-state index in [2.05, 4.69) is 4.99 Å². The highest BCUT2D eigenvalue weighted by atomic mass is 16.6. The summed E-state index contributed by atoms with van der Waals surface area (Å²) >= 11 is 0. The summed E-state index contributed by atoms with van der Waals surface area (Å²) in [6.07, 6.45) is 5.22. The lowest BCUT2D eigenvalue weighted by molar-refractivity contribution is -0.130. The van der Waals surface area contributed by atoms with Crippen molar-refractivity contribution in [2.24, 2.45) is 4.99 Å². The molecule has 1 aliphatic heterocycles. The molecule has 4 nitrogen and oxygen atoms in total. The van der Waals surface area contributed by atoms with E-state index in [0.717, 1.165) is 5.56 Å². The Kier molecular flexibility index (Phi) is 3.57. The zero-order chi connectivity index (χ0) is 13.0. The molecule has 1 heterocycles. The molecule has 0 aliphatic carbocycles. The predicted octanol–water partition coefficient (Wildman–Crippen LogP) is 1.95. The number of rotatable bonds is 3. The minimum atomic E-state index is -0.419. The second-order valence-corrected chi connectivity index (χ2v) is 4.03. The lowest BCUT2D eigenvalue weighted by Gasteiger charge is -2.00. The first-order valence-corrected chi connectivity index (χ1v) is 5.58. The topological polar surface area (TPSA) is 41.9 Å². The Hall–Kier alpha value is -2.36. The summed E-state index contributed by atoms with van der Waals surface area (Å²) in [6, 6.07) is 9.35. The van der Waals surface area contributed by atoms with E-state index in [0.29, 0.717) is 11.6 Å². The van der Waals surface area contributed by atoms with Gasteiger partial charge in [-0.1, -0.05) is 18.2 Å². The van der Waals surface area contributed by atoms with Crippen molar-refractivity contribution in [2.75, 3.05) is 14.1 Å². The number of hydrogen-bond donors (Lipinski definition) is 0. The lowest BCUT2D eigenvalue weighted by atomic mass is 10.2. The Morgan fingerprint density at radius 3 is 2.61 bits per heavy atom. The fourth-order valence-electron chi connectivity index (χ4n) is 1.43. The van der Waals surface area contributed by atoms with Gasteiger partial charge in [-0.15, -0.1) is 0 Å². The fraction of sp³-hybridized carbons (Fsp3) is 0.143. The summed E-state index contributed by atoms with van der Waals surface area (Å²) in [7, 11) is 3.81. The van der Waals surface area contributed by atoms with Crippen LogP contribution in [0.25, 0.3) is 0 Å². The molecule has 1 aliphatic rings. The Morgan fingerprint density at radius 2 is 1.94 bits per heavy atom. The highest BCUT2D eigenvalue weighted by molar-refractivity contribution is 6.11. The van der Waals surface area contributed by atoms with Gasteiger partial charge in [0.2, 0.25) is 5.90 Å². The van der Waals surface area contributed by atoms with Crippen LogP contribution in [0.5, 0.6) is 0 Å². The van der Waals surface area contributed by atoms with Crippen LogP contribution in [0.4, 0.5) is 0 Å². The lowest BCUT2D eigenvalue weighted by Crippen LogP contribution is -2.05. The summed E-state index contributed by atoms with van der Waals surface area (Å²) < 4.78 is 5.11. The van der Waals surface area contributed by atoms with Gasteiger partial charge >= 0.3 is 5.97 Å². The maximum absolute atomic E-state index is 11.6. The van der Waals surface area contributed by atoms with E-state index in [4.69, 9.17) is 4.74 Å². The van der Waals surface area contributed by atoms with Crippen LogP contribution in [0.15, 0.2) is 59.4 Å². The average Bonchev–Trinajstić information content (AvgIpc) is 2.72. The summed E-state index contributed by atoms with van der Waals surface area (Å²) in [6.45, 7) is 0. The van der Waals surface area contributed by atoms with E-state index >= 15 is 0 Å². The number of benzene rings is 1. The second-order valence-electron chi connectivity index (χ2n) is 4.03. The summed E-state index contributed by atoms with van der Waals surface area (Å²) in [5.41, 5.74) is 1.11. The molecule has 0 bridgehead atoms. The number of carbonyl (C=O) groups excluding carboxylic acids is 1. The number of cyclic esters (lactones) is 1. The largest absolute Gasteiger partial charge is 0.402 e. The van der Waals surface area contributed by atoms with Crippen LogP contribution < -0.4 is 0 Å². The van der Waals surface area contributed by atoms with Crippen molar-refractivity contribution in [3.8, 4) is 0 Å². The Morgan fingerprint density at radius 1 is 1.22 bits per heavy atom. The van der Waals surface area contributed by atoms with Crippen molar-refractivity contribution in [1.29, 1.82) is 0 Å². The zero-order valence-electron chi connectivity index (χ0n) is 10.3. The minimum absolute atomic E-state index is 0.312. The molecule has 0 atom stereocenters. The van der Waals surface area contributed by atoms with Crippen LogP contribution in [-0.4, -0.2) is 30.9 Å². The van der Waals surface area contributed by atoms with E-state index < -0.39 is 5.97 Å². The smallest absolute Gasteiger partial charge is 0.363 e. The van der Waals surface area contributed by atoms with Gasteiger partial charge in [-0.2, -0.15) is 0 Å². The maximum Gasteiger partial charge on any atom is 0.363 e. The minimum Gasteiger partial charge on any atom is -0.402 e. The molecule has 0 amide bonds. The summed E-state index contributed by atoms with van der Waals surface area (Å²) in [4.78, 5) is 17.6. The molecule has 1 aromatic rings. The molecule has 18 heavy (non-hydrogen) atoms. The van der Waals surface area contributed by atoms with Gasteiger partial charge in [-0.3, -0.25) is 0 Å². The van der Waals surface area contributed by atoms with E-state index in [-0.39, 0.29) is 0 Å². The van der Waals surface area contributed by atoms with Crippen molar-refractivity contribution in [1.82, 2.24) is 4.90 Å². The summed E-state index contributed by atoms with van der Waals surface area (Å²) in [5, 5.41) is 0. The molecule has 0 saturated carbocycles. The predicted molar refractivity (Wildman–Crippen MR) is 70.0 cm³/mol. The second kappa shape index (κ2) is 5.31. The van der Waals surface area contributed by atoms with Crippen LogP contribution in [0.2, 0.25) is 0 Å². The molecule has 0 saturated heterocycles. The van der Waals surface area contributed by atoms with Crippen LogP contribution in [-0.2, 0) is 9.53 Å². The highest BCUT2D eigenvalue weighted by Gasteiger charge is 2.23. The van der Waals surface area contributed by atoms with Crippen molar-refractivity contribution in [2.45, 2.75) is 0 Å². The molecule has 2 rings (SSSR count). The number of carbonyl (C=O) groups is 1. The van der Waals surface area contributed by atoms with E-state index in [9.17, 15) is 4.79 Å². The molecule has 1 aromatic carbocycles. The number of esters is 1. The Labute approximate surface area is 106 Å². The van der Waals surface area contributed by atoms with Gasteiger partial charge in [0.1, 0.15) is 0 Å². The molecular formula is C14H14N2O2. The molecule has 4 heteroatoms. The van der Waals surface area contributed by atoms with Crippen molar-refractivity contribution >= 4 is 11.9 Å². The van der Waals surface area contributed by atoms with Gasteiger partial charge in [0.05, 0.1) is 0 Å². The van der Waals surface area contributed by atoms with E-state index in [1.807, 2.05) is 55.5 Å². The first-order chi connectivity index (χ1) is 8.66.